The van der Waals surface area contributed by atoms with Crippen molar-refractivity contribution in [3.8, 4) is 0 Å². The van der Waals surface area contributed by atoms with Crippen LogP contribution in [0.5, 0.6) is 0 Å². The molecule has 2 heterocycles. The molecule has 0 aromatic carbocycles. The molecule has 0 N–H and O–H groups in total. The molecule has 0 radical (unpaired) electrons. The van der Waals surface area contributed by atoms with Crippen molar-refractivity contribution in [2.75, 3.05) is 0 Å². The first-order valence-corrected chi connectivity index (χ1v) is 5.90. The SMILES string of the molecule is C[C@@H](Cn1cccn1)OC(=O)c1ccsc1. The molecule has 0 aliphatic carbocycles. The Balaban J connectivity index is 1.88. The van der Waals surface area contributed by atoms with Crippen LogP contribution in [0.2, 0.25) is 0 Å². The number of thiophene rings is 1. The summed E-state index contributed by atoms with van der Waals surface area (Å²) in [7, 11) is 0. The first-order valence-electron chi connectivity index (χ1n) is 4.96. The Kier molecular flexibility index (Phi) is 3.36. The van der Waals surface area contributed by atoms with Crippen LogP contribution in [0.4, 0.5) is 0 Å². The molecule has 0 saturated heterocycles. The van der Waals surface area contributed by atoms with E-state index < -0.39 is 0 Å². The van der Waals surface area contributed by atoms with Crippen LogP contribution >= 0.6 is 11.3 Å². The van der Waals surface area contributed by atoms with Gasteiger partial charge in [0, 0.05) is 17.8 Å². The molecule has 0 amide bonds. The smallest absolute Gasteiger partial charge is 0.339 e. The summed E-state index contributed by atoms with van der Waals surface area (Å²) in [6.45, 7) is 2.43. The molecule has 0 aliphatic heterocycles. The molecule has 2 aromatic heterocycles. The number of ether oxygens (including phenoxy) is 1. The zero-order valence-electron chi connectivity index (χ0n) is 8.87. The van der Waals surface area contributed by atoms with Crippen molar-refractivity contribution in [3.63, 3.8) is 0 Å². The van der Waals surface area contributed by atoms with Crippen LogP contribution in [0.25, 0.3) is 0 Å². The second-order valence-electron chi connectivity index (χ2n) is 3.46. The molecule has 2 aromatic rings. The maximum Gasteiger partial charge on any atom is 0.339 e. The molecule has 0 bridgehead atoms. The average molecular weight is 236 g/mol. The van der Waals surface area contributed by atoms with Crippen LogP contribution in [0, 0.1) is 0 Å². The average Bonchev–Trinajstić information content (AvgIpc) is 2.88. The van der Waals surface area contributed by atoms with Crippen molar-refractivity contribution < 1.29 is 9.53 Å². The van der Waals surface area contributed by atoms with Crippen molar-refractivity contribution >= 4 is 17.3 Å². The van der Waals surface area contributed by atoms with Gasteiger partial charge in [-0.2, -0.15) is 16.4 Å². The summed E-state index contributed by atoms with van der Waals surface area (Å²) in [5.41, 5.74) is 0.609. The molecule has 0 unspecified atom stereocenters. The van der Waals surface area contributed by atoms with Gasteiger partial charge in [-0.1, -0.05) is 0 Å². The van der Waals surface area contributed by atoms with Gasteiger partial charge in [-0.15, -0.1) is 0 Å². The highest BCUT2D eigenvalue weighted by Crippen LogP contribution is 2.09. The molecule has 0 aliphatic rings. The lowest BCUT2D eigenvalue weighted by molar-refractivity contribution is 0.0299. The molecule has 0 saturated carbocycles. The maximum absolute atomic E-state index is 11.6. The summed E-state index contributed by atoms with van der Waals surface area (Å²) >= 11 is 1.48. The van der Waals surface area contributed by atoms with Crippen molar-refractivity contribution in [2.45, 2.75) is 19.6 Å². The minimum absolute atomic E-state index is 0.188. The molecule has 16 heavy (non-hydrogen) atoms. The van der Waals surface area contributed by atoms with E-state index in [-0.39, 0.29) is 12.1 Å². The number of aromatic nitrogens is 2. The van der Waals surface area contributed by atoms with Crippen molar-refractivity contribution in [1.29, 1.82) is 0 Å². The molecule has 4 nitrogen and oxygen atoms in total. The summed E-state index contributed by atoms with van der Waals surface area (Å²) in [6, 6.07) is 3.60. The minimum atomic E-state index is -0.277. The molecular weight excluding hydrogens is 224 g/mol. The first-order chi connectivity index (χ1) is 7.75. The van der Waals surface area contributed by atoms with E-state index in [4.69, 9.17) is 4.74 Å². The molecule has 0 fully saturated rings. The Morgan fingerprint density at radius 2 is 2.56 bits per heavy atom. The molecule has 1 atom stereocenters. The monoisotopic (exact) mass is 236 g/mol. The van der Waals surface area contributed by atoms with Gasteiger partial charge in [0.05, 0.1) is 12.1 Å². The highest BCUT2D eigenvalue weighted by Gasteiger charge is 2.12. The fourth-order valence-electron chi connectivity index (χ4n) is 1.34. The van der Waals surface area contributed by atoms with Gasteiger partial charge in [-0.3, -0.25) is 4.68 Å². The summed E-state index contributed by atoms with van der Waals surface area (Å²) in [5.74, 6) is -0.277. The summed E-state index contributed by atoms with van der Waals surface area (Å²) in [4.78, 5) is 11.6. The molecule has 84 valence electrons. The van der Waals surface area contributed by atoms with E-state index in [1.807, 2.05) is 24.6 Å². The van der Waals surface area contributed by atoms with E-state index in [0.717, 1.165) is 0 Å². The number of hydrogen-bond acceptors (Lipinski definition) is 4. The Labute approximate surface area is 97.5 Å². The second-order valence-corrected chi connectivity index (χ2v) is 4.24. The molecule has 5 heteroatoms. The van der Waals surface area contributed by atoms with E-state index in [1.54, 1.807) is 22.3 Å². The zero-order chi connectivity index (χ0) is 11.4. The molecule has 2 rings (SSSR count). The largest absolute Gasteiger partial charge is 0.457 e. The van der Waals surface area contributed by atoms with Gasteiger partial charge < -0.3 is 4.74 Å². The van der Waals surface area contributed by atoms with Gasteiger partial charge >= 0.3 is 5.97 Å². The zero-order valence-corrected chi connectivity index (χ0v) is 9.68. The minimum Gasteiger partial charge on any atom is -0.457 e. The predicted octanol–water partition coefficient (Wildman–Crippen LogP) is 2.19. The van der Waals surface area contributed by atoms with Gasteiger partial charge in [-0.25, -0.2) is 4.79 Å². The number of esters is 1. The van der Waals surface area contributed by atoms with Gasteiger partial charge in [0.15, 0.2) is 0 Å². The van der Waals surface area contributed by atoms with Gasteiger partial charge in [0.25, 0.3) is 0 Å². The summed E-state index contributed by atoms with van der Waals surface area (Å²) in [6.07, 6.45) is 3.36. The van der Waals surface area contributed by atoms with Gasteiger partial charge in [0.2, 0.25) is 0 Å². The fraction of sp³-hybridized carbons (Fsp3) is 0.273. The summed E-state index contributed by atoms with van der Waals surface area (Å²) < 4.78 is 7.02. The Morgan fingerprint density at radius 1 is 1.69 bits per heavy atom. The van der Waals surface area contributed by atoms with E-state index in [1.165, 1.54) is 11.3 Å². The Hall–Kier alpha value is -1.62. The number of hydrogen-bond donors (Lipinski definition) is 0. The summed E-state index contributed by atoms with van der Waals surface area (Å²) in [5, 5.41) is 7.69. The maximum atomic E-state index is 11.6. The number of carbonyl (C=O) groups excluding carboxylic acids is 1. The number of rotatable bonds is 4. The highest BCUT2D eigenvalue weighted by molar-refractivity contribution is 7.08. The Morgan fingerprint density at radius 3 is 3.19 bits per heavy atom. The van der Waals surface area contributed by atoms with E-state index in [2.05, 4.69) is 5.10 Å². The van der Waals surface area contributed by atoms with Crippen LogP contribution in [0.1, 0.15) is 17.3 Å². The second kappa shape index (κ2) is 4.94. The van der Waals surface area contributed by atoms with E-state index in [0.29, 0.717) is 12.1 Å². The van der Waals surface area contributed by atoms with Crippen LogP contribution in [0.15, 0.2) is 35.3 Å². The van der Waals surface area contributed by atoms with E-state index >= 15 is 0 Å². The first kappa shape index (κ1) is 10.9. The topological polar surface area (TPSA) is 44.1 Å². The van der Waals surface area contributed by atoms with Gasteiger partial charge in [0.1, 0.15) is 6.10 Å². The normalized spacial score (nSPS) is 12.3. The van der Waals surface area contributed by atoms with Crippen molar-refractivity contribution in [2.24, 2.45) is 0 Å². The van der Waals surface area contributed by atoms with E-state index in [9.17, 15) is 4.79 Å². The Bertz CT molecular complexity index is 437. The highest BCUT2D eigenvalue weighted by atomic mass is 32.1. The molecular formula is C11H12N2O2S. The van der Waals surface area contributed by atoms with Crippen LogP contribution in [-0.2, 0) is 11.3 Å². The lowest BCUT2D eigenvalue weighted by atomic mass is 10.3. The van der Waals surface area contributed by atoms with Crippen molar-refractivity contribution in [3.05, 3.63) is 40.8 Å². The third-order valence-electron chi connectivity index (χ3n) is 2.07. The third kappa shape index (κ3) is 2.70. The lowest BCUT2D eigenvalue weighted by Crippen LogP contribution is -2.20. The lowest BCUT2D eigenvalue weighted by Gasteiger charge is -2.12. The number of carbonyl (C=O) groups is 1. The predicted molar refractivity (Wildman–Crippen MR) is 61.4 cm³/mol. The van der Waals surface area contributed by atoms with Crippen molar-refractivity contribution in [1.82, 2.24) is 9.78 Å². The van der Waals surface area contributed by atoms with Crippen LogP contribution < -0.4 is 0 Å². The van der Waals surface area contributed by atoms with Gasteiger partial charge in [-0.05, 0) is 24.4 Å². The third-order valence-corrected chi connectivity index (χ3v) is 2.75. The van der Waals surface area contributed by atoms with Crippen LogP contribution in [0.3, 0.4) is 0 Å². The van der Waals surface area contributed by atoms with Crippen LogP contribution in [-0.4, -0.2) is 21.9 Å². The standard InChI is InChI=1S/C11H12N2O2S/c1-9(7-13-5-2-4-12-13)15-11(14)10-3-6-16-8-10/h2-6,8-9H,7H2,1H3/t9-/m0/s1. The fourth-order valence-corrected chi connectivity index (χ4v) is 1.97. The molecule has 0 spiro atoms. The quantitative estimate of drug-likeness (QED) is 0.764. The number of nitrogens with zero attached hydrogens (tertiary/aromatic N) is 2.